The molecule has 1 unspecified atom stereocenters. The van der Waals surface area contributed by atoms with Crippen molar-refractivity contribution in [2.24, 2.45) is 0 Å². The van der Waals surface area contributed by atoms with Gasteiger partial charge in [-0.05, 0) is 31.9 Å². The Hall–Kier alpha value is -1.69. The normalized spacial score (nSPS) is 24.3. The Balaban J connectivity index is 2.03. The average molecular weight is 236 g/mol. The number of anilines is 1. The number of nitrogens with zero attached hydrogens (tertiary/aromatic N) is 2. The zero-order chi connectivity index (χ0) is 12.3. The predicted molar refractivity (Wildman–Crippen MR) is 62.4 cm³/mol. The van der Waals surface area contributed by atoms with E-state index in [1.807, 2.05) is 6.92 Å². The van der Waals surface area contributed by atoms with Crippen LogP contribution in [-0.2, 0) is 4.74 Å². The molecule has 0 aliphatic carbocycles. The van der Waals surface area contributed by atoms with E-state index in [9.17, 15) is 4.79 Å². The van der Waals surface area contributed by atoms with Gasteiger partial charge in [-0.2, -0.15) is 0 Å². The molecule has 1 aromatic rings. The van der Waals surface area contributed by atoms with E-state index in [2.05, 4.69) is 15.5 Å². The third-order valence-electron chi connectivity index (χ3n) is 2.77. The summed E-state index contributed by atoms with van der Waals surface area (Å²) in [6.45, 7) is 3.25. The van der Waals surface area contributed by atoms with E-state index in [0.717, 1.165) is 19.4 Å². The largest absolute Gasteiger partial charge is 0.382 e. The number of rotatable bonds is 2. The van der Waals surface area contributed by atoms with E-state index in [-0.39, 0.29) is 17.1 Å². The summed E-state index contributed by atoms with van der Waals surface area (Å²) in [7, 11) is 0. The fourth-order valence-corrected chi connectivity index (χ4v) is 1.83. The molecule has 1 fully saturated rings. The van der Waals surface area contributed by atoms with Gasteiger partial charge in [-0.3, -0.25) is 4.79 Å². The Morgan fingerprint density at radius 3 is 2.94 bits per heavy atom. The smallest absolute Gasteiger partial charge is 0.272 e. The van der Waals surface area contributed by atoms with Gasteiger partial charge in [0.2, 0.25) is 0 Å². The lowest BCUT2D eigenvalue weighted by molar-refractivity contribution is 0.0271. The lowest BCUT2D eigenvalue weighted by Crippen LogP contribution is -2.51. The van der Waals surface area contributed by atoms with E-state index in [4.69, 9.17) is 10.5 Å². The number of nitrogen functional groups attached to an aromatic ring is 1. The first-order chi connectivity index (χ1) is 8.09. The number of nitrogens with two attached hydrogens (primary N) is 1. The van der Waals surface area contributed by atoms with Crippen LogP contribution in [0.15, 0.2) is 12.1 Å². The number of nitrogens with one attached hydrogen (secondary N) is 1. The van der Waals surface area contributed by atoms with E-state index in [1.165, 1.54) is 0 Å². The van der Waals surface area contributed by atoms with Gasteiger partial charge in [-0.1, -0.05) is 0 Å². The van der Waals surface area contributed by atoms with Gasteiger partial charge in [-0.15, -0.1) is 10.2 Å². The van der Waals surface area contributed by atoms with Crippen molar-refractivity contribution in [3.05, 3.63) is 17.8 Å². The summed E-state index contributed by atoms with van der Waals surface area (Å²) in [4.78, 5) is 11.9. The van der Waals surface area contributed by atoms with Gasteiger partial charge in [0.1, 0.15) is 5.82 Å². The Bertz CT molecular complexity index is 398. The van der Waals surface area contributed by atoms with Crippen LogP contribution in [0.3, 0.4) is 0 Å². The first-order valence-electron chi connectivity index (χ1n) is 5.59. The highest BCUT2D eigenvalue weighted by atomic mass is 16.5. The van der Waals surface area contributed by atoms with Crippen molar-refractivity contribution < 1.29 is 9.53 Å². The first-order valence-corrected chi connectivity index (χ1v) is 5.59. The van der Waals surface area contributed by atoms with Crippen molar-refractivity contribution in [3.8, 4) is 0 Å². The second-order valence-electron chi connectivity index (χ2n) is 4.51. The molecule has 2 rings (SSSR count). The number of aromatic nitrogens is 2. The standard InChI is InChI=1S/C11H16N4O2/c1-11(5-2-6-17-7-11)13-10(16)8-3-4-9(12)15-14-8/h3-4H,2,5-7H2,1H3,(H2,12,15)(H,13,16). The van der Waals surface area contributed by atoms with Crippen molar-refractivity contribution in [2.75, 3.05) is 18.9 Å². The van der Waals surface area contributed by atoms with Gasteiger partial charge >= 0.3 is 0 Å². The van der Waals surface area contributed by atoms with Crippen LogP contribution in [0.2, 0.25) is 0 Å². The van der Waals surface area contributed by atoms with Gasteiger partial charge in [-0.25, -0.2) is 0 Å². The number of carbonyl (C=O) groups excluding carboxylic acids is 1. The molecule has 0 spiro atoms. The number of hydrogen-bond acceptors (Lipinski definition) is 5. The maximum absolute atomic E-state index is 11.9. The lowest BCUT2D eigenvalue weighted by atomic mass is 9.95. The fourth-order valence-electron chi connectivity index (χ4n) is 1.83. The summed E-state index contributed by atoms with van der Waals surface area (Å²) >= 11 is 0. The molecule has 1 aliphatic heterocycles. The molecule has 1 saturated heterocycles. The van der Waals surface area contributed by atoms with Crippen LogP contribution in [0.1, 0.15) is 30.3 Å². The molecule has 2 heterocycles. The number of amides is 1. The average Bonchev–Trinajstić information content (AvgIpc) is 2.30. The molecule has 3 N–H and O–H groups in total. The van der Waals surface area contributed by atoms with Crippen LogP contribution < -0.4 is 11.1 Å². The van der Waals surface area contributed by atoms with Crippen LogP contribution in [0.25, 0.3) is 0 Å². The molecule has 1 amide bonds. The summed E-state index contributed by atoms with van der Waals surface area (Å²) in [6, 6.07) is 3.12. The maximum Gasteiger partial charge on any atom is 0.272 e. The van der Waals surface area contributed by atoms with Crippen LogP contribution >= 0.6 is 0 Å². The minimum absolute atomic E-state index is 0.245. The summed E-state index contributed by atoms with van der Waals surface area (Å²) in [5.74, 6) is 0.0549. The Kier molecular flexibility index (Phi) is 3.23. The van der Waals surface area contributed by atoms with Crippen molar-refractivity contribution in [1.82, 2.24) is 15.5 Å². The molecular formula is C11H16N4O2. The molecule has 1 atom stereocenters. The molecule has 0 aromatic carbocycles. The lowest BCUT2D eigenvalue weighted by Gasteiger charge is -2.34. The maximum atomic E-state index is 11.9. The Morgan fingerprint density at radius 1 is 1.53 bits per heavy atom. The quantitative estimate of drug-likeness (QED) is 0.773. The van der Waals surface area contributed by atoms with Gasteiger partial charge in [0.25, 0.3) is 5.91 Å². The minimum Gasteiger partial charge on any atom is -0.382 e. The third kappa shape index (κ3) is 2.91. The molecule has 6 heteroatoms. The van der Waals surface area contributed by atoms with Gasteiger partial charge in [0, 0.05) is 6.61 Å². The number of ether oxygens (including phenoxy) is 1. The highest BCUT2D eigenvalue weighted by Gasteiger charge is 2.29. The van der Waals surface area contributed by atoms with Crippen LogP contribution in [0.4, 0.5) is 5.82 Å². The van der Waals surface area contributed by atoms with Crippen molar-refractivity contribution in [3.63, 3.8) is 0 Å². The molecular weight excluding hydrogens is 220 g/mol. The number of carbonyl (C=O) groups is 1. The SMILES string of the molecule is CC1(NC(=O)c2ccc(N)nn2)CCCOC1. The molecule has 0 saturated carbocycles. The van der Waals surface area contributed by atoms with Crippen molar-refractivity contribution in [1.29, 1.82) is 0 Å². The summed E-state index contributed by atoms with van der Waals surface area (Å²) in [5, 5.41) is 10.3. The second kappa shape index (κ2) is 4.67. The predicted octanol–water partition coefficient (Wildman–Crippen LogP) is 0.358. The Morgan fingerprint density at radius 2 is 2.35 bits per heavy atom. The van der Waals surface area contributed by atoms with Gasteiger partial charge in [0.15, 0.2) is 5.69 Å². The molecule has 1 aromatic heterocycles. The monoisotopic (exact) mass is 236 g/mol. The molecule has 92 valence electrons. The topological polar surface area (TPSA) is 90.1 Å². The first kappa shape index (κ1) is 11.8. The third-order valence-corrected chi connectivity index (χ3v) is 2.77. The van der Waals surface area contributed by atoms with Crippen molar-refractivity contribution >= 4 is 11.7 Å². The zero-order valence-corrected chi connectivity index (χ0v) is 9.77. The van der Waals surface area contributed by atoms with Gasteiger partial charge in [0.05, 0.1) is 12.1 Å². The zero-order valence-electron chi connectivity index (χ0n) is 9.77. The Labute approximate surface area is 99.6 Å². The fraction of sp³-hybridized carbons (Fsp3) is 0.545. The minimum atomic E-state index is -0.321. The molecule has 1 aliphatic rings. The highest BCUT2D eigenvalue weighted by molar-refractivity contribution is 5.92. The summed E-state index contributed by atoms with van der Waals surface area (Å²) in [6.07, 6.45) is 1.85. The van der Waals surface area contributed by atoms with E-state index in [0.29, 0.717) is 12.4 Å². The van der Waals surface area contributed by atoms with E-state index < -0.39 is 0 Å². The van der Waals surface area contributed by atoms with Crippen LogP contribution in [0, 0.1) is 0 Å². The summed E-state index contributed by atoms with van der Waals surface area (Å²) < 4.78 is 5.37. The second-order valence-corrected chi connectivity index (χ2v) is 4.51. The van der Waals surface area contributed by atoms with Gasteiger partial charge < -0.3 is 15.8 Å². The van der Waals surface area contributed by atoms with Crippen molar-refractivity contribution in [2.45, 2.75) is 25.3 Å². The van der Waals surface area contributed by atoms with E-state index in [1.54, 1.807) is 12.1 Å². The number of hydrogen-bond donors (Lipinski definition) is 2. The highest BCUT2D eigenvalue weighted by Crippen LogP contribution is 2.18. The van der Waals surface area contributed by atoms with E-state index >= 15 is 0 Å². The summed E-state index contributed by atoms with van der Waals surface area (Å²) in [5.41, 5.74) is 5.36. The molecule has 6 nitrogen and oxygen atoms in total. The van der Waals surface area contributed by atoms with Crippen LogP contribution in [0.5, 0.6) is 0 Å². The molecule has 0 radical (unpaired) electrons. The molecule has 17 heavy (non-hydrogen) atoms. The molecule has 0 bridgehead atoms. The van der Waals surface area contributed by atoms with Crippen LogP contribution in [-0.4, -0.2) is 34.9 Å².